The molecule has 0 aromatic carbocycles. The zero-order chi connectivity index (χ0) is 15.6. The van der Waals surface area contributed by atoms with Crippen LogP contribution in [0.15, 0.2) is 22.3 Å². The summed E-state index contributed by atoms with van der Waals surface area (Å²) in [6.45, 7) is 6.80. The highest BCUT2D eigenvalue weighted by Gasteiger charge is 2.42. The number of carbonyl (C=O) groups is 2. The summed E-state index contributed by atoms with van der Waals surface area (Å²) in [5, 5.41) is 0. The molecule has 0 spiro atoms. The summed E-state index contributed by atoms with van der Waals surface area (Å²) in [5.41, 5.74) is 2.02. The second-order valence-electron chi connectivity index (χ2n) is 6.30. The topological polar surface area (TPSA) is 53.0 Å². The molecule has 6 heteroatoms. The average Bonchev–Trinajstić information content (AvgIpc) is 3.38. The molecule has 3 heterocycles. The van der Waals surface area contributed by atoms with Gasteiger partial charge in [-0.2, -0.15) is 0 Å². The lowest BCUT2D eigenvalue weighted by Crippen LogP contribution is -2.26. The van der Waals surface area contributed by atoms with Crippen LogP contribution in [0.5, 0.6) is 0 Å². The van der Waals surface area contributed by atoms with Crippen LogP contribution >= 0.6 is 15.9 Å². The van der Waals surface area contributed by atoms with Crippen LogP contribution in [0, 0.1) is 0 Å². The third-order valence-electron chi connectivity index (χ3n) is 4.54. The van der Waals surface area contributed by atoms with E-state index >= 15 is 0 Å². The van der Waals surface area contributed by atoms with Gasteiger partial charge in [0.15, 0.2) is 0 Å². The summed E-state index contributed by atoms with van der Waals surface area (Å²) in [5.74, 6) is -0.297. The van der Waals surface area contributed by atoms with Crippen molar-refractivity contribution in [1.29, 1.82) is 0 Å². The normalized spacial score (nSPS) is 29.8. The number of Topliss-reactive ketones (excluding diaryl/α,β-unsaturated/α-hetero) is 2. The van der Waals surface area contributed by atoms with E-state index in [-0.39, 0.29) is 11.6 Å². The van der Waals surface area contributed by atoms with Gasteiger partial charge in [-0.25, -0.2) is 4.98 Å². The van der Waals surface area contributed by atoms with Crippen LogP contribution in [-0.4, -0.2) is 51.5 Å². The molecule has 3 unspecified atom stereocenters. The van der Waals surface area contributed by atoms with E-state index < -0.39 is 0 Å². The SMILES string of the molecule is CC1CN1Cc1ccc2c(n1)C(=O)C(N1CC1C)=C(Br)C2=O. The predicted octanol–water partition coefficient (Wildman–Crippen LogP) is 1.98. The maximum Gasteiger partial charge on any atom is 0.229 e. The predicted molar refractivity (Wildman–Crippen MR) is 84.9 cm³/mol. The van der Waals surface area contributed by atoms with Gasteiger partial charge >= 0.3 is 0 Å². The number of hydrogen-bond donors (Lipinski definition) is 0. The molecule has 22 heavy (non-hydrogen) atoms. The number of hydrogen-bond acceptors (Lipinski definition) is 5. The first-order valence-electron chi connectivity index (χ1n) is 7.47. The quantitative estimate of drug-likeness (QED) is 0.770. The van der Waals surface area contributed by atoms with Crippen molar-refractivity contribution in [1.82, 2.24) is 14.8 Å². The van der Waals surface area contributed by atoms with Crippen LogP contribution in [0.1, 0.15) is 40.4 Å². The first-order valence-corrected chi connectivity index (χ1v) is 8.26. The van der Waals surface area contributed by atoms with E-state index in [4.69, 9.17) is 0 Å². The lowest BCUT2D eigenvalue weighted by atomic mass is 9.96. The zero-order valence-corrected chi connectivity index (χ0v) is 14.1. The van der Waals surface area contributed by atoms with Crippen LogP contribution in [0.25, 0.3) is 0 Å². The number of ketones is 2. The van der Waals surface area contributed by atoms with E-state index in [0.29, 0.717) is 33.5 Å². The number of fused-ring (bicyclic) bond motifs is 1. The molecule has 0 N–H and O–H groups in total. The molecule has 1 aromatic rings. The van der Waals surface area contributed by atoms with E-state index in [1.807, 2.05) is 17.9 Å². The van der Waals surface area contributed by atoms with Crippen LogP contribution in [-0.2, 0) is 6.54 Å². The van der Waals surface area contributed by atoms with E-state index in [1.54, 1.807) is 6.07 Å². The maximum absolute atomic E-state index is 12.8. The number of pyridine rings is 1. The molecule has 0 amide bonds. The number of carbonyl (C=O) groups excluding carboxylic acids is 2. The standard InChI is InChI=1S/C16H16BrN3O2/c1-8-5-19(8)7-10-3-4-11-13(18-10)16(22)14(12(17)15(11)21)20-6-9(20)2/h3-4,8-9H,5-7H2,1-2H3. The number of allylic oxidation sites excluding steroid dienone is 2. The lowest BCUT2D eigenvalue weighted by Gasteiger charge is -2.19. The third-order valence-corrected chi connectivity index (χ3v) is 5.27. The Morgan fingerprint density at radius 2 is 1.86 bits per heavy atom. The molecular formula is C16H16BrN3O2. The highest BCUT2D eigenvalue weighted by Crippen LogP contribution is 2.36. The van der Waals surface area contributed by atoms with Gasteiger partial charge in [0.05, 0.1) is 15.7 Å². The Kier molecular flexibility index (Phi) is 3.03. The molecule has 0 radical (unpaired) electrons. The second-order valence-corrected chi connectivity index (χ2v) is 7.09. The van der Waals surface area contributed by atoms with Gasteiger partial charge in [0.1, 0.15) is 11.4 Å². The highest BCUT2D eigenvalue weighted by atomic mass is 79.9. The van der Waals surface area contributed by atoms with E-state index in [1.165, 1.54) is 0 Å². The summed E-state index contributed by atoms with van der Waals surface area (Å²) in [6, 6.07) is 4.47. The molecule has 3 atom stereocenters. The summed E-state index contributed by atoms with van der Waals surface area (Å²) in [4.78, 5) is 33.9. The van der Waals surface area contributed by atoms with Crippen LogP contribution in [0.3, 0.4) is 0 Å². The van der Waals surface area contributed by atoms with Crippen molar-refractivity contribution in [3.63, 3.8) is 0 Å². The summed E-state index contributed by atoms with van der Waals surface area (Å²) in [6.07, 6.45) is 0. The number of halogens is 1. The number of aromatic nitrogens is 1. The fourth-order valence-corrected chi connectivity index (χ4v) is 3.53. The summed E-state index contributed by atoms with van der Waals surface area (Å²) in [7, 11) is 0. The Morgan fingerprint density at radius 3 is 2.45 bits per heavy atom. The van der Waals surface area contributed by atoms with Gasteiger partial charge in [0, 0.05) is 31.7 Å². The Labute approximate surface area is 137 Å². The van der Waals surface area contributed by atoms with Crippen molar-refractivity contribution in [2.24, 2.45) is 0 Å². The first kappa shape index (κ1) is 14.1. The highest BCUT2D eigenvalue weighted by molar-refractivity contribution is 9.12. The van der Waals surface area contributed by atoms with Gasteiger partial charge in [-0.05, 0) is 41.9 Å². The van der Waals surface area contributed by atoms with Crippen molar-refractivity contribution < 1.29 is 9.59 Å². The molecule has 3 aliphatic rings. The van der Waals surface area contributed by atoms with E-state index in [9.17, 15) is 9.59 Å². The van der Waals surface area contributed by atoms with Crippen LogP contribution in [0.4, 0.5) is 0 Å². The molecular weight excluding hydrogens is 346 g/mol. The van der Waals surface area contributed by atoms with Crippen molar-refractivity contribution in [3.8, 4) is 0 Å². The molecule has 0 saturated carbocycles. The van der Waals surface area contributed by atoms with Gasteiger partial charge in [0.25, 0.3) is 0 Å². The number of rotatable bonds is 3. The second kappa shape index (κ2) is 4.73. The Balaban J connectivity index is 1.71. The number of nitrogens with zero attached hydrogens (tertiary/aromatic N) is 3. The third kappa shape index (κ3) is 2.13. The first-order chi connectivity index (χ1) is 10.5. The van der Waals surface area contributed by atoms with Gasteiger partial charge in [-0.3, -0.25) is 14.5 Å². The average molecular weight is 362 g/mol. The van der Waals surface area contributed by atoms with E-state index in [2.05, 4.69) is 32.7 Å². The maximum atomic E-state index is 12.8. The molecule has 0 bridgehead atoms. The minimum absolute atomic E-state index is 0.147. The molecule has 1 aromatic heterocycles. The van der Waals surface area contributed by atoms with Crippen LogP contribution in [0.2, 0.25) is 0 Å². The Bertz CT molecular complexity index is 743. The van der Waals surface area contributed by atoms with Crippen molar-refractivity contribution in [2.75, 3.05) is 13.1 Å². The van der Waals surface area contributed by atoms with Gasteiger partial charge in [-0.1, -0.05) is 0 Å². The molecule has 5 nitrogen and oxygen atoms in total. The van der Waals surface area contributed by atoms with Gasteiger partial charge in [-0.15, -0.1) is 0 Å². The van der Waals surface area contributed by atoms with E-state index in [0.717, 1.165) is 25.3 Å². The lowest BCUT2D eigenvalue weighted by molar-refractivity contribution is 0.0962. The Hall–Kier alpha value is -1.53. The molecule has 1 aliphatic carbocycles. The largest absolute Gasteiger partial charge is 0.361 e. The fourth-order valence-electron chi connectivity index (χ4n) is 2.91. The zero-order valence-electron chi connectivity index (χ0n) is 12.5. The minimum atomic E-state index is -0.150. The summed E-state index contributed by atoms with van der Waals surface area (Å²) >= 11 is 3.31. The monoisotopic (exact) mass is 361 g/mol. The molecule has 2 saturated heterocycles. The van der Waals surface area contributed by atoms with Gasteiger partial charge < -0.3 is 4.90 Å². The summed E-state index contributed by atoms with van der Waals surface area (Å²) < 4.78 is 0.364. The van der Waals surface area contributed by atoms with Crippen molar-refractivity contribution in [3.05, 3.63) is 39.3 Å². The van der Waals surface area contributed by atoms with Crippen molar-refractivity contribution >= 4 is 27.5 Å². The molecule has 2 fully saturated rings. The van der Waals surface area contributed by atoms with Gasteiger partial charge in [0.2, 0.25) is 11.6 Å². The fraction of sp³-hybridized carbons (Fsp3) is 0.438. The Morgan fingerprint density at radius 1 is 1.18 bits per heavy atom. The molecule has 114 valence electrons. The minimum Gasteiger partial charge on any atom is -0.361 e. The molecule has 2 aliphatic heterocycles. The van der Waals surface area contributed by atoms with Crippen LogP contribution < -0.4 is 0 Å². The smallest absolute Gasteiger partial charge is 0.229 e. The molecule has 4 rings (SSSR count). The van der Waals surface area contributed by atoms with Crippen molar-refractivity contribution in [2.45, 2.75) is 32.5 Å².